The van der Waals surface area contributed by atoms with E-state index in [1.165, 1.54) is 11.8 Å². The lowest BCUT2D eigenvalue weighted by atomic mass is 10.1. The molecule has 0 bridgehead atoms. The number of aromatic nitrogens is 3. The first-order chi connectivity index (χ1) is 15.4. The Morgan fingerprint density at radius 1 is 1.19 bits per heavy atom. The average molecular weight is 470 g/mol. The molecule has 0 radical (unpaired) electrons. The highest BCUT2D eigenvalue weighted by Crippen LogP contribution is 2.23. The number of hydrogen-bond donors (Lipinski definition) is 2. The maximum atomic E-state index is 12.6. The fourth-order valence-corrected chi connectivity index (χ4v) is 3.89. The van der Waals surface area contributed by atoms with Crippen molar-refractivity contribution >= 4 is 40.9 Å². The van der Waals surface area contributed by atoms with Gasteiger partial charge in [-0.05, 0) is 38.1 Å². The number of nitrogens with zero attached hydrogens (tertiary/aromatic N) is 3. The normalized spacial score (nSPS) is 11.6. The highest BCUT2D eigenvalue weighted by atomic mass is 35.5. The third kappa shape index (κ3) is 5.99. The predicted octanol–water partition coefficient (Wildman–Crippen LogP) is 4.65. The van der Waals surface area contributed by atoms with Gasteiger partial charge in [0.2, 0.25) is 5.91 Å². The van der Waals surface area contributed by atoms with Crippen molar-refractivity contribution in [2.24, 2.45) is 0 Å². The number of rotatable bonds is 9. The molecular formula is C23H24ClN5O2S. The average Bonchev–Trinajstić information content (AvgIpc) is 3.17. The maximum absolute atomic E-state index is 12.6. The summed E-state index contributed by atoms with van der Waals surface area (Å²) >= 11 is 7.34. The molecule has 1 atom stereocenters. The van der Waals surface area contributed by atoms with Crippen molar-refractivity contribution in [1.82, 2.24) is 20.1 Å². The monoisotopic (exact) mass is 469 g/mol. The van der Waals surface area contributed by atoms with E-state index in [0.29, 0.717) is 33.8 Å². The van der Waals surface area contributed by atoms with Crippen LogP contribution in [0.15, 0.2) is 66.3 Å². The van der Waals surface area contributed by atoms with Gasteiger partial charge in [-0.25, -0.2) is 0 Å². The number of para-hydroxylation sites is 1. The zero-order valence-electron chi connectivity index (χ0n) is 17.8. The second-order valence-electron chi connectivity index (χ2n) is 7.12. The number of aryl methyl sites for hydroxylation is 1. The van der Waals surface area contributed by atoms with Crippen LogP contribution in [-0.4, -0.2) is 32.3 Å². The molecule has 2 amide bonds. The number of benzene rings is 2. The molecule has 0 aliphatic carbocycles. The van der Waals surface area contributed by atoms with Crippen LogP contribution in [0.25, 0.3) is 0 Å². The minimum atomic E-state index is -0.387. The van der Waals surface area contributed by atoms with Crippen LogP contribution >= 0.6 is 23.4 Å². The van der Waals surface area contributed by atoms with Crippen molar-refractivity contribution in [2.75, 3.05) is 11.1 Å². The number of hydrogen-bond acceptors (Lipinski definition) is 5. The summed E-state index contributed by atoms with van der Waals surface area (Å²) in [6.07, 6.45) is 1.72. The zero-order chi connectivity index (χ0) is 23.1. The van der Waals surface area contributed by atoms with Gasteiger partial charge in [-0.15, -0.1) is 16.8 Å². The summed E-state index contributed by atoms with van der Waals surface area (Å²) in [5, 5.41) is 15.2. The van der Waals surface area contributed by atoms with Crippen LogP contribution in [-0.2, 0) is 11.3 Å². The van der Waals surface area contributed by atoms with Gasteiger partial charge in [0.25, 0.3) is 5.91 Å². The molecule has 3 rings (SSSR count). The van der Waals surface area contributed by atoms with Crippen LogP contribution in [0.3, 0.4) is 0 Å². The number of carbonyl (C=O) groups is 2. The molecule has 9 heteroatoms. The van der Waals surface area contributed by atoms with Crippen molar-refractivity contribution in [3.05, 3.63) is 83.2 Å². The Bertz CT molecular complexity index is 1110. The van der Waals surface area contributed by atoms with E-state index in [1.807, 2.05) is 30.5 Å². The molecule has 2 N–H and O–H groups in total. The van der Waals surface area contributed by atoms with Gasteiger partial charge in [0.05, 0.1) is 22.5 Å². The van der Waals surface area contributed by atoms with Crippen LogP contribution in [0.2, 0.25) is 5.02 Å². The molecular weight excluding hydrogens is 446 g/mol. The third-order valence-electron chi connectivity index (χ3n) is 4.59. The number of amides is 2. The van der Waals surface area contributed by atoms with Crippen LogP contribution < -0.4 is 10.6 Å². The first-order valence-corrected chi connectivity index (χ1v) is 11.3. The lowest BCUT2D eigenvalue weighted by Crippen LogP contribution is -2.28. The number of thioether (sulfide) groups is 1. The third-order valence-corrected chi connectivity index (χ3v) is 5.88. The fraction of sp³-hybridized carbons (Fsp3) is 0.217. The molecule has 0 aliphatic heterocycles. The minimum Gasteiger partial charge on any atom is -0.342 e. The maximum Gasteiger partial charge on any atom is 0.251 e. The van der Waals surface area contributed by atoms with Crippen molar-refractivity contribution in [1.29, 1.82) is 0 Å². The molecule has 0 fully saturated rings. The summed E-state index contributed by atoms with van der Waals surface area (Å²) < 4.78 is 1.83. The molecule has 0 saturated heterocycles. The van der Waals surface area contributed by atoms with Crippen molar-refractivity contribution < 1.29 is 9.59 Å². The van der Waals surface area contributed by atoms with E-state index < -0.39 is 0 Å². The molecule has 166 valence electrons. The van der Waals surface area contributed by atoms with Gasteiger partial charge in [-0.1, -0.05) is 59.3 Å². The molecule has 7 nitrogen and oxygen atoms in total. The molecule has 2 aromatic carbocycles. The fourth-order valence-electron chi connectivity index (χ4n) is 2.96. The Balaban J connectivity index is 1.66. The van der Waals surface area contributed by atoms with Gasteiger partial charge in [0.15, 0.2) is 11.0 Å². The van der Waals surface area contributed by atoms with Gasteiger partial charge < -0.3 is 15.2 Å². The van der Waals surface area contributed by atoms with Crippen molar-refractivity contribution in [3.8, 4) is 0 Å². The first-order valence-electron chi connectivity index (χ1n) is 9.97. The molecule has 0 saturated carbocycles. The zero-order valence-corrected chi connectivity index (χ0v) is 19.4. The van der Waals surface area contributed by atoms with Crippen LogP contribution in [0, 0.1) is 6.92 Å². The summed E-state index contributed by atoms with van der Waals surface area (Å²) in [5.41, 5.74) is 2.21. The summed E-state index contributed by atoms with van der Waals surface area (Å²) in [6, 6.07) is 14.0. The molecule has 0 aliphatic rings. The van der Waals surface area contributed by atoms with E-state index in [2.05, 4.69) is 27.4 Å². The number of nitrogens with one attached hydrogen (secondary N) is 2. The largest absolute Gasteiger partial charge is 0.342 e. The summed E-state index contributed by atoms with van der Waals surface area (Å²) in [5.74, 6) is 0.307. The summed E-state index contributed by atoms with van der Waals surface area (Å²) in [6.45, 7) is 8.04. The molecule has 0 unspecified atom stereocenters. The smallest absolute Gasteiger partial charge is 0.251 e. The van der Waals surface area contributed by atoms with Gasteiger partial charge in [0, 0.05) is 12.1 Å². The lowest BCUT2D eigenvalue weighted by Gasteiger charge is -2.15. The van der Waals surface area contributed by atoms with Gasteiger partial charge in [0.1, 0.15) is 0 Å². The Kier molecular flexibility index (Phi) is 8.08. The number of anilines is 1. The SMILES string of the molecule is C=CCn1c(SCC(=O)Nc2ccccc2Cl)nnc1[C@@H](C)NC(=O)c1ccc(C)cc1. The number of allylic oxidation sites excluding steroid dienone is 1. The van der Waals surface area contributed by atoms with E-state index in [4.69, 9.17) is 11.6 Å². The molecule has 0 spiro atoms. The molecule has 1 aromatic heterocycles. The van der Waals surface area contributed by atoms with Gasteiger partial charge >= 0.3 is 0 Å². The second kappa shape index (κ2) is 11.0. The Morgan fingerprint density at radius 2 is 1.91 bits per heavy atom. The molecule has 1 heterocycles. The van der Waals surface area contributed by atoms with E-state index in [1.54, 1.807) is 42.5 Å². The number of halogens is 1. The van der Waals surface area contributed by atoms with Gasteiger partial charge in [-0.2, -0.15) is 0 Å². The number of carbonyl (C=O) groups excluding carboxylic acids is 2. The minimum absolute atomic E-state index is 0.130. The van der Waals surface area contributed by atoms with E-state index in [-0.39, 0.29) is 23.6 Å². The Labute approximate surface area is 196 Å². The quantitative estimate of drug-likeness (QED) is 0.352. The Hall–Kier alpha value is -3.10. The van der Waals surface area contributed by atoms with Gasteiger partial charge in [-0.3, -0.25) is 9.59 Å². The molecule has 32 heavy (non-hydrogen) atoms. The van der Waals surface area contributed by atoms with Crippen molar-refractivity contribution in [2.45, 2.75) is 31.6 Å². The topological polar surface area (TPSA) is 88.9 Å². The summed E-state index contributed by atoms with van der Waals surface area (Å²) in [4.78, 5) is 24.9. The van der Waals surface area contributed by atoms with Crippen LogP contribution in [0.1, 0.15) is 34.7 Å². The first kappa shape index (κ1) is 23.6. The standard InChI is InChI=1S/C23H24ClN5O2S/c1-4-13-29-21(16(3)25-22(31)17-11-9-15(2)10-12-17)27-28-23(29)32-14-20(30)26-19-8-6-5-7-18(19)24/h4-12,16H,1,13-14H2,2-3H3,(H,25,31)(H,26,30)/t16-/m1/s1. The highest BCUT2D eigenvalue weighted by Gasteiger charge is 2.20. The van der Waals surface area contributed by atoms with E-state index in [9.17, 15) is 9.59 Å². The second-order valence-corrected chi connectivity index (χ2v) is 8.47. The van der Waals surface area contributed by atoms with Crippen LogP contribution in [0.5, 0.6) is 0 Å². The summed E-state index contributed by atoms with van der Waals surface area (Å²) in [7, 11) is 0. The highest BCUT2D eigenvalue weighted by molar-refractivity contribution is 7.99. The molecule has 3 aromatic rings. The van der Waals surface area contributed by atoms with Crippen LogP contribution in [0.4, 0.5) is 5.69 Å². The van der Waals surface area contributed by atoms with E-state index >= 15 is 0 Å². The van der Waals surface area contributed by atoms with Crippen molar-refractivity contribution in [3.63, 3.8) is 0 Å². The predicted molar refractivity (Wildman–Crippen MR) is 128 cm³/mol. The lowest BCUT2D eigenvalue weighted by molar-refractivity contribution is -0.113. The Morgan fingerprint density at radius 3 is 2.59 bits per heavy atom. The van der Waals surface area contributed by atoms with E-state index in [0.717, 1.165) is 5.56 Å².